The molecule has 9 heteroatoms. The van der Waals surface area contributed by atoms with Crippen LogP contribution in [0.5, 0.6) is 5.75 Å². The number of amides is 3. The fourth-order valence-electron chi connectivity index (χ4n) is 4.81. The second-order valence-electron chi connectivity index (χ2n) is 8.92. The lowest BCUT2D eigenvalue weighted by atomic mass is 9.94. The Labute approximate surface area is 217 Å². The van der Waals surface area contributed by atoms with E-state index >= 15 is 0 Å². The normalized spacial score (nSPS) is 18.5. The van der Waals surface area contributed by atoms with Crippen molar-refractivity contribution < 1.29 is 23.9 Å². The third-order valence-corrected chi connectivity index (χ3v) is 6.73. The minimum atomic E-state index is -0.596. The summed E-state index contributed by atoms with van der Waals surface area (Å²) in [6, 6.07) is 15.8. The smallest absolute Gasteiger partial charge is 0.338 e. The predicted molar refractivity (Wildman–Crippen MR) is 139 cm³/mol. The molecule has 196 valence electrons. The van der Waals surface area contributed by atoms with Crippen molar-refractivity contribution in [2.24, 2.45) is 0 Å². The summed E-state index contributed by atoms with van der Waals surface area (Å²) in [5.41, 5.74) is 2.50. The van der Waals surface area contributed by atoms with Crippen LogP contribution >= 0.6 is 0 Å². The number of esters is 1. The van der Waals surface area contributed by atoms with E-state index in [0.29, 0.717) is 61.9 Å². The summed E-state index contributed by atoms with van der Waals surface area (Å²) in [7, 11) is 1.58. The van der Waals surface area contributed by atoms with Crippen molar-refractivity contribution in [3.05, 3.63) is 77.0 Å². The zero-order chi connectivity index (χ0) is 26.4. The van der Waals surface area contributed by atoms with Crippen molar-refractivity contribution in [1.29, 1.82) is 0 Å². The molecule has 4 rings (SSSR count). The molecule has 0 radical (unpaired) electrons. The van der Waals surface area contributed by atoms with Gasteiger partial charge in [0.25, 0.3) is 5.91 Å². The molecule has 0 bridgehead atoms. The first kappa shape index (κ1) is 26.2. The Morgan fingerprint density at radius 3 is 2.38 bits per heavy atom. The summed E-state index contributed by atoms with van der Waals surface area (Å²) in [6.45, 7) is 7.02. The quantitative estimate of drug-likeness (QED) is 0.554. The van der Waals surface area contributed by atoms with E-state index in [1.807, 2.05) is 54.3 Å². The van der Waals surface area contributed by atoms with Gasteiger partial charge in [0.15, 0.2) is 0 Å². The summed E-state index contributed by atoms with van der Waals surface area (Å²) in [4.78, 5) is 44.9. The fourth-order valence-corrected chi connectivity index (χ4v) is 4.81. The number of carbonyl (C=O) groups excluding carboxylic acids is 3. The number of nitrogens with one attached hydrogen (secondary N) is 1. The van der Waals surface area contributed by atoms with Crippen molar-refractivity contribution >= 4 is 17.9 Å². The molecule has 1 fully saturated rings. The fraction of sp³-hybridized carbons (Fsp3) is 0.393. The Hall–Kier alpha value is -3.85. The number of piperazine rings is 1. The molecule has 2 aromatic carbocycles. The average molecular weight is 507 g/mol. The highest BCUT2D eigenvalue weighted by molar-refractivity contribution is 5.95. The van der Waals surface area contributed by atoms with Gasteiger partial charge in [0.05, 0.1) is 25.3 Å². The molecule has 1 unspecified atom stereocenters. The van der Waals surface area contributed by atoms with E-state index in [2.05, 4.69) is 10.2 Å². The number of rotatable bonds is 8. The molecule has 3 amide bonds. The number of urea groups is 1. The average Bonchev–Trinajstić information content (AvgIpc) is 2.93. The topological polar surface area (TPSA) is 91.4 Å². The molecule has 9 nitrogen and oxygen atoms in total. The zero-order valence-corrected chi connectivity index (χ0v) is 21.6. The lowest BCUT2D eigenvalue weighted by Gasteiger charge is -2.40. The van der Waals surface area contributed by atoms with Crippen LogP contribution in [-0.4, -0.2) is 85.6 Å². The maximum absolute atomic E-state index is 13.2. The lowest BCUT2D eigenvalue weighted by molar-refractivity contribution is -0.139. The maximum Gasteiger partial charge on any atom is 0.338 e. The van der Waals surface area contributed by atoms with E-state index < -0.39 is 12.0 Å². The van der Waals surface area contributed by atoms with Gasteiger partial charge in [-0.05, 0) is 37.6 Å². The highest BCUT2D eigenvalue weighted by Gasteiger charge is 2.38. The summed E-state index contributed by atoms with van der Waals surface area (Å²) in [5, 5.41) is 2.99. The molecule has 1 atom stereocenters. The molecule has 0 aromatic heterocycles. The van der Waals surface area contributed by atoms with Crippen LogP contribution in [0, 0.1) is 0 Å². The highest BCUT2D eigenvalue weighted by Crippen LogP contribution is 2.32. The van der Waals surface area contributed by atoms with E-state index in [4.69, 9.17) is 9.47 Å². The van der Waals surface area contributed by atoms with Gasteiger partial charge in [-0.25, -0.2) is 9.59 Å². The first-order chi connectivity index (χ1) is 18.0. The highest BCUT2D eigenvalue weighted by atomic mass is 16.5. The zero-order valence-electron chi connectivity index (χ0n) is 21.6. The minimum Gasteiger partial charge on any atom is -0.497 e. The Morgan fingerprint density at radius 2 is 1.73 bits per heavy atom. The molecule has 2 aromatic rings. The standard InChI is InChI=1S/C28H34N4O5/c1-4-32-23(24(27(34)37-5-2)25(29-28(32)35)20-10-7-6-8-11-20)19-30-14-16-31(17-15-30)26(33)21-12-9-13-22(18-21)36-3/h6-13,18,25H,4-5,14-17,19H2,1-3H3,(H,29,35). The van der Waals surface area contributed by atoms with Gasteiger partial charge in [0.2, 0.25) is 0 Å². The van der Waals surface area contributed by atoms with Gasteiger partial charge < -0.3 is 19.7 Å². The summed E-state index contributed by atoms with van der Waals surface area (Å²) in [6.07, 6.45) is 0. The van der Waals surface area contributed by atoms with Crippen LogP contribution in [0.4, 0.5) is 4.79 Å². The number of carbonyl (C=O) groups is 3. The van der Waals surface area contributed by atoms with E-state index in [1.54, 1.807) is 31.1 Å². The maximum atomic E-state index is 13.2. The molecule has 37 heavy (non-hydrogen) atoms. The first-order valence-electron chi connectivity index (χ1n) is 12.7. The number of hydrogen-bond acceptors (Lipinski definition) is 6. The summed E-state index contributed by atoms with van der Waals surface area (Å²) < 4.78 is 10.7. The Morgan fingerprint density at radius 1 is 1.00 bits per heavy atom. The largest absolute Gasteiger partial charge is 0.497 e. The van der Waals surface area contributed by atoms with Crippen molar-refractivity contribution in [2.75, 3.05) is 53.0 Å². The van der Waals surface area contributed by atoms with Crippen LogP contribution in [0.2, 0.25) is 0 Å². The number of nitrogens with zero attached hydrogens (tertiary/aromatic N) is 3. The monoisotopic (exact) mass is 506 g/mol. The van der Waals surface area contributed by atoms with Gasteiger partial charge in [-0.15, -0.1) is 0 Å². The molecule has 0 spiro atoms. The van der Waals surface area contributed by atoms with E-state index in [0.717, 1.165) is 5.56 Å². The van der Waals surface area contributed by atoms with E-state index in [-0.39, 0.29) is 18.5 Å². The number of benzene rings is 2. The molecule has 0 aliphatic carbocycles. The van der Waals surface area contributed by atoms with Crippen LogP contribution in [0.3, 0.4) is 0 Å². The van der Waals surface area contributed by atoms with Gasteiger partial charge in [-0.3, -0.25) is 14.6 Å². The van der Waals surface area contributed by atoms with E-state index in [9.17, 15) is 14.4 Å². The minimum absolute atomic E-state index is 0.0404. The van der Waals surface area contributed by atoms with Gasteiger partial charge in [0.1, 0.15) is 5.75 Å². The Bertz CT molecular complexity index is 1160. The molecule has 1 N–H and O–H groups in total. The summed E-state index contributed by atoms with van der Waals surface area (Å²) >= 11 is 0. The third kappa shape index (κ3) is 5.77. The second-order valence-corrected chi connectivity index (χ2v) is 8.92. The SMILES string of the molecule is CCOC(=O)C1=C(CN2CCN(C(=O)c3cccc(OC)c3)CC2)N(CC)C(=O)NC1c1ccccc1. The van der Waals surface area contributed by atoms with Crippen molar-refractivity contribution in [3.8, 4) is 5.75 Å². The third-order valence-electron chi connectivity index (χ3n) is 6.73. The molecule has 0 saturated carbocycles. The number of likely N-dealkylation sites (N-methyl/N-ethyl adjacent to an activating group) is 1. The number of hydrogen-bond donors (Lipinski definition) is 1. The second kappa shape index (κ2) is 11.9. The Balaban J connectivity index is 1.56. The van der Waals surface area contributed by atoms with Crippen LogP contribution in [0.25, 0.3) is 0 Å². The Kier molecular flexibility index (Phi) is 8.45. The molecule has 2 heterocycles. The van der Waals surface area contributed by atoms with Crippen molar-refractivity contribution in [2.45, 2.75) is 19.9 Å². The van der Waals surface area contributed by atoms with Gasteiger partial charge in [0, 0.05) is 50.5 Å². The molecule has 2 aliphatic heterocycles. The number of ether oxygens (including phenoxy) is 2. The number of methoxy groups -OCH3 is 1. The van der Waals surface area contributed by atoms with Crippen LogP contribution < -0.4 is 10.1 Å². The van der Waals surface area contributed by atoms with Gasteiger partial charge >= 0.3 is 12.0 Å². The molecule has 2 aliphatic rings. The first-order valence-corrected chi connectivity index (χ1v) is 12.7. The van der Waals surface area contributed by atoms with Crippen molar-refractivity contribution in [3.63, 3.8) is 0 Å². The molecule has 1 saturated heterocycles. The van der Waals surface area contributed by atoms with Gasteiger partial charge in [-0.2, -0.15) is 0 Å². The molecular formula is C28H34N4O5. The van der Waals surface area contributed by atoms with Crippen molar-refractivity contribution in [1.82, 2.24) is 20.0 Å². The van der Waals surface area contributed by atoms with E-state index in [1.165, 1.54) is 0 Å². The van der Waals surface area contributed by atoms with Gasteiger partial charge in [-0.1, -0.05) is 36.4 Å². The predicted octanol–water partition coefficient (Wildman–Crippen LogP) is 3.06. The summed E-state index contributed by atoms with van der Waals surface area (Å²) in [5.74, 6) is 0.170. The van der Waals surface area contributed by atoms with Crippen LogP contribution in [0.15, 0.2) is 65.9 Å². The van der Waals surface area contributed by atoms with Crippen LogP contribution in [-0.2, 0) is 9.53 Å². The lowest BCUT2D eigenvalue weighted by Crippen LogP contribution is -2.53. The molecular weight excluding hydrogens is 472 g/mol. The van der Waals surface area contributed by atoms with Crippen LogP contribution in [0.1, 0.15) is 35.8 Å².